The van der Waals surface area contributed by atoms with Crippen LogP contribution < -0.4 is 11.1 Å². The maximum atomic E-state index is 15.0. The Hall–Kier alpha value is -7.54. The van der Waals surface area contributed by atoms with Crippen molar-refractivity contribution in [1.29, 1.82) is 0 Å². The van der Waals surface area contributed by atoms with Gasteiger partial charge in [0.25, 0.3) is 11.7 Å². The molecule has 2 aliphatic carbocycles. The van der Waals surface area contributed by atoms with Gasteiger partial charge in [0.1, 0.15) is 29.5 Å². The molecule has 10 rings (SSSR count). The van der Waals surface area contributed by atoms with Crippen LogP contribution in [0.25, 0.3) is 16.7 Å². The molecule has 4 aliphatic heterocycles. The van der Waals surface area contributed by atoms with E-state index in [1.54, 1.807) is 37.7 Å². The zero-order valence-corrected chi connectivity index (χ0v) is 76.3. The number of anilines is 1. The number of oxazole rings is 1. The Kier molecular flexibility index (Phi) is 41.8. The highest BCUT2D eigenvalue weighted by Gasteiger charge is 2.54. The van der Waals surface area contributed by atoms with Gasteiger partial charge in [0.2, 0.25) is 29.7 Å². The molecule has 0 radical (unpaired) electrons. The van der Waals surface area contributed by atoms with E-state index in [0.29, 0.717) is 194 Å². The molecule has 2 aromatic carbocycles. The summed E-state index contributed by atoms with van der Waals surface area (Å²) in [6.07, 6.45) is 19.2. The molecule has 2 aromatic heterocycles. The van der Waals surface area contributed by atoms with Crippen molar-refractivity contribution in [3.63, 3.8) is 0 Å². The lowest BCUT2D eigenvalue weighted by Crippen LogP contribution is -2.61. The number of methoxy groups -OCH3 is 3. The smallest absolute Gasteiger partial charge is 0.329 e. The van der Waals surface area contributed by atoms with Crippen LogP contribution in [0.3, 0.4) is 0 Å². The summed E-state index contributed by atoms with van der Waals surface area (Å²) < 4.78 is 92.1. The van der Waals surface area contributed by atoms with E-state index in [2.05, 4.69) is 59.6 Å². The van der Waals surface area contributed by atoms with Gasteiger partial charge in [0.15, 0.2) is 18.1 Å². The number of ether oxygens (including phenoxy) is 14. The minimum atomic E-state index is -2.46. The zero-order valence-electron chi connectivity index (χ0n) is 76.3. The van der Waals surface area contributed by atoms with E-state index in [1.807, 2.05) is 88.5 Å². The summed E-state index contributed by atoms with van der Waals surface area (Å²) in [5.41, 5.74) is 16.9. The number of hydroxylamine groups is 1. The molecule has 6 N–H and O–H groups in total. The van der Waals surface area contributed by atoms with Crippen molar-refractivity contribution in [3.05, 3.63) is 125 Å². The first-order chi connectivity index (χ1) is 61.0. The highest BCUT2D eigenvalue weighted by molar-refractivity contribution is 6.39. The highest BCUT2D eigenvalue weighted by Crippen LogP contribution is 2.46. The van der Waals surface area contributed by atoms with Gasteiger partial charge < -0.3 is 102 Å². The Morgan fingerprint density at radius 3 is 2.10 bits per heavy atom. The van der Waals surface area contributed by atoms with Gasteiger partial charge in [-0.3, -0.25) is 19.2 Å². The number of fused-ring (bicyclic) bond motifs is 6. The van der Waals surface area contributed by atoms with Gasteiger partial charge in [-0.2, -0.15) is 0 Å². The lowest BCUT2D eigenvalue weighted by Gasteiger charge is -2.43. The molecule has 2 saturated heterocycles. The van der Waals surface area contributed by atoms with Crippen LogP contribution in [0.1, 0.15) is 186 Å². The third-order valence-corrected chi connectivity index (χ3v) is 25.3. The molecule has 31 nitrogen and oxygen atoms in total. The van der Waals surface area contributed by atoms with E-state index in [1.165, 1.54) is 16.9 Å². The van der Waals surface area contributed by atoms with Gasteiger partial charge >= 0.3 is 5.97 Å². The van der Waals surface area contributed by atoms with Crippen molar-refractivity contribution >= 4 is 51.6 Å². The second kappa shape index (κ2) is 52.3. The molecule has 4 aromatic rings. The maximum Gasteiger partial charge on any atom is 0.329 e. The number of carbonyl (C=O) groups excluding carboxylic acids is 4. The van der Waals surface area contributed by atoms with Gasteiger partial charge in [-0.05, 0) is 156 Å². The number of nitrogens with zero attached hydrogens (tertiary/aromatic N) is 6. The van der Waals surface area contributed by atoms with E-state index >= 15 is 0 Å². The van der Waals surface area contributed by atoms with Gasteiger partial charge in [0.05, 0.1) is 149 Å². The van der Waals surface area contributed by atoms with Gasteiger partial charge in [0, 0.05) is 112 Å². The largest absolute Gasteiger partial charge is 0.460 e. The standard InChI is InChI=1S/C95H142N8O23/c1-12-122-84-59-85(66(5)54-70-27-30-81(104)86(55-70)112-10)125-94(109)80-25-16-18-34-102(80)93(108)92(107)95(110)69(8)26-29-74(126-95)58-83(111-9)63(2)20-13-14-24-79-64(3)52-67(6)89(91(113-11)90(106)68(7)53-65(84)4)103(79)124-61-73-60-101(100-99-73)35-37-115-39-41-117-43-45-119-47-49-121-51-50-120-48-46-118-44-42-116-40-38-114-36-32-87(105)97-33-17-15-21-71-56-76(88-75(71)22-19-23-77(88)96)72-28-31-82-78(57-72)98-62-123-82/h13-14,19-20,22-24,28,31,53,56-57,60,62,64-67,69-71,74,80-81,83-86,90-91,104,106,110H,12,15-18,21,25-27,29-30,32-52,54-55,58-59,61,96H2,1-11H3/p+1/b14-13+,63-20+,68-53+,79-24-/t64-,65+,66+,67+,69+,70-,71?,74-,80-,81+,83-,84+,85-,86+,90+,91-,95+/m0/s1. The summed E-state index contributed by atoms with van der Waals surface area (Å²) in [7, 11) is 4.79. The van der Waals surface area contributed by atoms with Crippen LogP contribution in [0.15, 0.2) is 107 Å². The monoisotopic (exact) mass is 1760 g/mol. The Bertz CT molecular complexity index is 4220. The van der Waals surface area contributed by atoms with Crippen molar-refractivity contribution in [2.24, 2.45) is 35.5 Å². The number of carbonyl (C=O) groups is 4. The van der Waals surface area contributed by atoms with E-state index in [9.17, 15) is 34.5 Å². The van der Waals surface area contributed by atoms with E-state index in [-0.39, 0.29) is 86.4 Å². The second-order valence-corrected chi connectivity index (χ2v) is 34.4. The first-order valence-corrected chi connectivity index (χ1v) is 45.8. The Labute approximate surface area is 743 Å². The normalized spacial score (nSPS) is 28.6. The number of benzene rings is 2. The minimum Gasteiger partial charge on any atom is -0.460 e. The number of nitrogens with two attached hydrogens (primary N) is 1. The Balaban J connectivity index is 0.625. The van der Waals surface area contributed by atoms with Crippen molar-refractivity contribution in [2.45, 2.75) is 238 Å². The maximum absolute atomic E-state index is 15.0. The fourth-order valence-electron chi connectivity index (χ4n) is 18.1. The number of aliphatic hydroxyl groups is 3. The average Bonchev–Trinajstić information content (AvgIpc) is 1.69. The molecule has 0 spiro atoms. The molecule has 4 bridgehead atoms. The van der Waals surface area contributed by atoms with E-state index in [4.69, 9.17) is 81.3 Å². The van der Waals surface area contributed by atoms with Crippen LogP contribution in [-0.2, 0) is 103 Å². The fraction of sp³-hybridized carbons (Fsp3) is 0.684. The molecule has 31 heteroatoms. The predicted octanol–water partition coefficient (Wildman–Crippen LogP) is 10.7. The fourth-order valence-corrected chi connectivity index (χ4v) is 18.1. The second-order valence-electron chi connectivity index (χ2n) is 34.4. The van der Waals surface area contributed by atoms with Crippen molar-refractivity contribution < 1.29 is 115 Å². The van der Waals surface area contributed by atoms with Gasteiger partial charge in [-0.1, -0.05) is 94.8 Å². The SMILES string of the molecule is CCO[C@@H]1C[C@@H]([C@H](C)C[C@@H]2CC[C@@H](O)[C@H](OC)C2)OC(=O)[C@@H]2CCCCN2C(=O)C(=O)[C@]2(O)O[C@@H](CC[C@H]2C)C[C@H](OC)/C(C)=C/C=C/C=C2/[C@@H](C)C[C@@H](C)C(=[N+]2OCc2cn(CCOCCOCCOCCOCCOCCOCCOCCOCCC(=O)NCCCCC3C=C(c4ccc5ocnc5c4)c4c(N)cccc43)nn2)[C@H](OC)[C@H](O)/C(C)=C/[C@H]1C. The summed E-state index contributed by atoms with van der Waals surface area (Å²) in [4.78, 5) is 69.2. The number of aliphatic hydroxyl groups excluding tert-OH is 2. The lowest BCUT2D eigenvalue weighted by molar-refractivity contribution is -0.767. The number of cyclic esters (lactones) is 1. The van der Waals surface area contributed by atoms with Crippen LogP contribution in [0.2, 0.25) is 0 Å². The molecule has 3 fully saturated rings. The summed E-state index contributed by atoms with van der Waals surface area (Å²) in [5.74, 6) is -6.31. The summed E-state index contributed by atoms with van der Waals surface area (Å²) in [6, 6.07) is 11.1. The van der Waals surface area contributed by atoms with Crippen LogP contribution in [0.5, 0.6) is 0 Å². The van der Waals surface area contributed by atoms with Gasteiger partial charge in [-0.15, -0.1) is 5.10 Å². The summed E-state index contributed by atoms with van der Waals surface area (Å²) in [5, 5.41) is 47.7. The van der Waals surface area contributed by atoms with Crippen molar-refractivity contribution in [3.8, 4) is 0 Å². The van der Waals surface area contributed by atoms with E-state index < -0.39 is 78.1 Å². The average molecular weight is 1770 g/mol. The number of rotatable bonds is 44. The quantitative estimate of drug-likeness (QED) is 0.00686. The number of hydrogen-bond acceptors (Lipinski definition) is 27. The number of aromatic nitrogens is 4. The topological polar surface area (TPSA) is 368 Å². The van der Waals surface area contributed by atoms with Crippen molar-refractivity contribution in [1.82, 2.24) is 30.2 Å². The number of amides is 2. The summed E-state index contributed by atoms with van der Waals surface area (Å²) in [6.45, 7) is 23.7. The van der Waals surface area contributed by atoms with Crippen LogP contribution in [0, 0.1) is 35.5 Å². The molecular formula is C95H143N8O23+. The lowest BCUT2D eigenvalue weighted by atomic mass is 9.78. The third-order valence-electron chi connectivity index (χ3n) is 25.3. The van der Waals surface area contributed by atoms with E-state index in [0.717, 1.165) is 70.4 Å². The number of nitrogen functional groups attached to an aromatic ring is 1. The molecule has 126 heavy (non-hydrogen) atoms. The number of allylic oxidation sites excluding steroid dienone is 6. The molecule has 1 saturated carbocycles. The van der Waals surface area contributed by atoms with Crippen molar-refractivity contribution in [2.75, 3.05) is 152 Å². The van der Waals surface area contributed by atoms with Crippen LogP contribution in [0.4, 0.5) is 5.69 Å². The number of ketones is 1. The minimum absolute atomic E-state index is 0.0187. The molecule has 2 amide bonds. The van der Waals surface area contributed by atoms with Crippen LogP contribution >= 0.6 is 0 Å². The molecule has 1 unspecified atom stereocenters. The molecule has 17 atom stereocenters. The summed E-state index contributed by atoms with van der Waals surface area (Å²) >= 11 is 0. The number of esters is 1. The molecule has 700 valence electrons. The Morgan fingerprint density at radius 1 is 0.738 bits per heavy atom. The first-order valence-electron chi connectivity index (χ1n) is 45.8. The molecular weight excluding hydrogens is 1620 g/mol. The predicted molar refractivity (Wildman–Crippen MR) is 472 cm³/mol. The zero-order chi connectivity index (χ0) is 89.9. The molecule has 6 aliphatic rings. The highest BCUT2D eigenvalue weighted by atomic mass is 16.7. The molecule has 6 heterocycles. The van der Waals surface area contributed by atoms with Crippen LogP contribution in [-0.4, -0.2) is 282 Å². The Morgan fingerprint density at radius 2 is 1.42 bits per heavy atom. The number of hydrogen-bond donors (Lipinski definition) is 5. The number of Topliss-reactive ketones (excluding diaryl/α,β-unsaturated/α-hetero) is 1. The first kappa shape index (κ1) is 101. The number of unbranched alkanes of at least 4 members (excludes halogenated alkanes) is 1. The number of piperidine rings is 1. The third kappa shape index (κ3) is 29.2. The number of nitrogens with one attached hydrogen (secondary N) is 1. The van der Waals surface area contributed by atoms with Gasteiger partial charge in [-0.25, -0.2) is 14.5 Å².